The molecule has 32 heavy (non-hydrogen) atoms. The van der Waals surface area contributed by atoms with E-state index in [9.17, 15) is 14.7 Å². The molecule has 0 saturated heterocycles. The third-order valence-corrected chi connectivity index (χ3v) is 4.79. The van der Waals surface area contributed by atoms with Gasteiger partial charge in [-0.2, -0.15) is 0 Å². The Balaban J connectivity index is 1.73. The minimum atomic E-state index is -4.59. The maximum Gasteiger partial charge on any atom is 0.583 e. The van der Waals surface area contributed by atoms with Gasteiger partial charge >= 0.3 is 7.82 Å². The van der Waals surface area contributed by atoms with Crippen LogP contribution < -0.4 is 14.7 Å². The predicted molar refractivity (Wildman–Crippen MR) is 113 cm³/mol. The second kappa shape index (κ2) is 10.3. The Kier molecular flexibility index (Phi) is 7.45. The second-order valence-corrected chi connectivity index (χ2v) is 8.10. The summed E-state index contributed by atoms with van der Waals surface area (Å²) in [5.74, 6) is 0.491. The van der Waals surface area contributed by atoms with Crippen LogP contribution in [0.4, 0.5) is 5.69 Å². The molecule has 0 N–H and O–H groups in total. The van der Waals surface area contributed by atoms with Crippen LogP contribution in [0.1, 0.15) is 16.7 Å². The number of aryl methyl sites for hydroxylation is 3. The van der Waals surface area contributed by atoms with Gasteiger partial charge in [-0.15, -0.1) is 0 Å². The summed E-state index contributed by atoms with van der Waals surface area (Å²) in [6, 6.07) is 17.3. The molecule has 3 aromatic rings. The SMILES string of the molecule is Cc1cccc(OOP(=O)(OOc2cccc(C)c2)OOc2ccc([N+](=O)[O-])c(C)c2)c1. The summed E-state index contributed by atoms with van der Waals surface area (Å²) >= 11 is 0. The van der Waals surface area contributed by atoms with Gasteiger partial charge in [0.05, 0.1) is 4.92 Å². The van der Waals surface area contributed by atoms with E-state index in [2.05, 4.69) is 0 Å². The van der Waals surface area contributed by atoms with E-state index >= 15 is 0 Å². The highest BCUT2D eigenvalue weighted by atomic mass is 31.2. The van der Waals surface area contributed by atoms with Crippen LogP contribution in [0.3, 0.4) is 0 Å². The third-order valence-electron chi connectivity index (χ3n) is 4.02. The lowest BCUT2D eigenvalue weighted by atomic mass is 10.2. The van der Waals surface area contributed by atoms with Gasteiger partial charge < -0.3 is 14.7 Å². The first-order chi connectivity index (χ1) is 15.2. The molecule has 0 bridgehead atoms. The molecule has 0 fully saturated rings. The molecule has 0 unspecified atom stereocenters. The summed E-state index contributed by atoms with van der Waals surface area (Å²) in [4.78, 5) is 25.6. The van der Waals surface area contributed by atoms with Gasteiger partial charge in [-0.05, 0) is 68.3 Å². The average Bonchev–Trinajstić information content (AvgIpc) is 2.75. The van der Waals surface area contributed by atoms with Crippen LogP contribution in [0.5, 0.6) is 17.2 Å². The molecule has 3 aromatic carbocycles. The lowest BCUT2D eigenvalue weighted by molar-refractivity contribution is -0.385. The Morgan fingerprint density at radius 2 is 1.19 bits per heavy atom. The molecule has 11 heteroatoms. The molecular formula is C21H20NO9P. The van der Waals surface area contributed by atoms with Crippen molar-refractivity contribution in [1.82, 2.24) is 0 Å². The zero-order valence-corrected chi connectivity index (χ0v) is 18.3. The standard InChI is InChI=1S/C21H20NO9P/c1-15-6-4-8-18(12-15)26-29-32(25,30-27-19-9-5-7-16(2)13-19)31-28-20-10-11-21(22(23)24)17(3)14-20/h4-14H,1-3H3. The van der Waals surface area contributed by atoms with Crippen molar-refractivity contribution in [2.45, 2.75) is 20.8 Å². The number of benzene rings is 3. The van der Waals surface area contributed by atoms with Crippen molar-refractivity contribution in [3.63, 3.8) is 0 Å². The van der Waals surface area contributed by atoms with Crippen LogP contribution in [0, 0.1) is 30.9 Å². The molecule has 10 nitrogen and oxygen atoms in total. The van der Waals surface area contributed by atoms with E-state index in [0.717, 1.165) is 11.1 Å². The third kappa shape index (κ3) is 6.53. The summed E-state index contributed by atoms with van der Waals surface area (Å²) in [7, 11) is -4.59. The van der Waals surface area contributed by atoms with Crippen molar-refractivity contribution in [2.24, 2.45) is 0 Å². The molecule has 0 radical (unpaired) electrons. The first kappa shape index (κ1) is 23.2. The van der Waals surface area contributed by atoms with Gasteiger partial charge in [0, 0.05) is 11.6 Å². The van der Waals surface area contributed by atoms with Gasteiger partial charge in [-0.3, -0.25) is 10.1 Å². The molecule has 0 saturated carbocycles. The van der Waals surface area contributed by atoms with Crippen LogP contribution >= 0.6 is 7.82 Å². The summed E-state index contributed by atoms with van der Waals surface area (Å²) in [5, 5.41) is 11.0. The van der Waals surface area contributed by atoms with Crippen LogP contribution in [0.15, 0.2) is 66.7 Å². The first-order valence-electron chi connectivity index (χ1n) is 9.31. The number of rotatable bonds is 10. The normalized spacial score (nSPS) is 11.1. The van der Waals surface area contributed by atoms with Gasteiger partial charge in [0.15, 0.2) is 17.2 Å². The molecule has 0 atom stereocenters. The first-order valence-corrected chi connectivity index (χ1v) is 10.8. The van der Waals surface area contributed by atoms with Crippen molar-refractivity contribution >= 4 is 13.5 Å². The van der Waals surface area contributed by atoms with E-state index in [0.29, 0.717) is 5.56 Å². The van der Waals surface area contributed by atoms with Crippen molar-refractivity contribution in [3.05, 3.63) is 93.5 Å². The van der Waals surface area contributed by atoms with Crippen LogP contribution in [0.2, 0.25) is 0 Å². The summed E-state index contributed by atoms with van der Waals surface area (Å²) < 4.78 is 27.7. The minimum Gasteiger partial charge on any atom is -0.327 e. The number of phosphoric acid groups is 1. The molecule has 0 aliphatic heterocycles. The number of hydrogen-bond donors (Lipinski definition) is 0. The van der Waals surface area contributed by atoms with Gasteiger partial charge in [0.1, 0.15) is 0 Å². The maximum atomic E-state index is 13.0. The highest BCUT2D eigenvalue weighted by molar-refractivity contribution is 7.48. The zero-order chi connectivity index (χ0) is 23.1. The van der Waals surface area contributed by atoms with Gasteiger partial charge in [0.2, 0.25) is 0 Å². The fourth-order valence-corrected chi connectivity index (χ4v) is 3.13. The van der Waals surface area contributed by atoms with Gasteiger partial charge in [0.25, 0.3) is 5.69 Å². The van der Waals surface area contributed by atoms with E-state index in [4.69, 9.17) is 28.7 Å². The average molecular weight is 461 g/mol. The van der Waals surface area contributed by atoms with Crippen molar-refractivity contribution in [1.29, 1.82) is 0 Å². The summed E-state index contributed by atoms with van der Waals surface area (Å²) in [6.45, 7) is 5.18. The molecule has 3 rings (SSSR count). The molecule has 0 aromatic heterocycles. The lowest BCUT2D eigenvalue weighted by Crippen LogP contribution is -2.08. The van der Waals surface area contributed by atoms with Crippen molar-refractivity contribution < 1.29 is 38.2 Å². The molecule has 168 valence electrons. The summed E-state index contributed by atoms with van der Waals surface area (Å²) in [6.07, 6.45) is 0. The van der Waals surface area contributed by atoms with Crippen LogP contribution in [-0.2, 0) is 18.6 Å². The van der Waals surface area contributed by atoms with E-state index < -0.39 is 12.7 Å². The Morgan fingerprint density at radius 3 is 1.59 bits per heavy atom. The number of nitrogens with zero attached hydrogens (tertiary/aromatic N) is 1. The minimum absolute atomic E-state index is 0.0200. The molecule has 0 spiro atoms. The van der Waals surface area contributed by atoms with E-state index in [-0.39, 0.29) is 22.9 Å². The topological polar surface area (TPSA) is 116 Å². The molecule has 0 heterocycles. The van der Waals surface area contributed by atoms with Crippen LogP contribution in [-0.4, -0.2) is 4.92 Å². The van der Waals surface area contributed by atoms with E-state index in [1.54, 1.807) is 36.4 Å². The monoisotopic (exact) mass is 461 g/mol. The highest BCUT2D eigenvalue weighted by Crippen LogP contribution is 2.50. The Hall–Kier alpha value is -3.43. The number of hydrogen-bond acceptors (Lipinski definition) is 9. The number of nitro benzene ring substituents is 1. The molecule has 0 aliphatic rings. The lowest BCUT2D eigenvalue weighted by Gasteiger charge is -2.15. The van der Waals surface area contributed by atoms with Gasteiger partial charge in [-0.25, -0.2) is 4.57 Å². The van der Waals surface area contributed by atoms with E-state index in [1.165, 1.54) is 25.1 Å². The Bertz CT molecular complexity index is 1100. The fraction of sp³-hybridized carbons (Fsp3) is 0.143. The van der Waals surface area contributed by atoms with Crippen molar-refractivity contribution in [2.75, 3.05) is 0 Å². The smallest absolute Gasteiger partial charge is 0.327 e. The maximum absolute atomic E-state index is 13.0. The highest BCUT2D eigenvalue weighted by Gasteiger charge is 2.35. The second-order valence-electron chi connectivity index (χ2n) is 6.76. The Labute approximate surface area is 183 Å². The zero-order valence-electron chi connectivity index (χ0n) is 17.4. The fourth-order valence-electron chi connectivity index (χ4n) is 2.52. The number of nitro groups is 1. The van der Waals surface area contributed by atoms with Crippen LogP contribution in [0.25, 0.3) is 0 Å². The Morgan fingerprint density at radius 1 is 0.719 bits per heavy atom. The molecular weight excluding hydrogens is 441 g/mol. The summed E-state index contributed by atoms with van der Waals surface area (Å²) in [5.41, 5.74) is 1.94. The quantitative estimate of drug-likeness (QED) is 0.156. The predicted octanol–water partition coefficient (Wildman–Crippen LogP) is 5.96. The van der Waals surface area contributed by atoms with E-state index in [1.807, 2.05) is 26.0 Å². The van der Waals surface area contributed by atoms with Crippen molar-refractivity contribution in [3.8, 4) is 17.2 Å². The molecule has 0 amide bonds. The largest absolute Gasteiger partial charge is 0.583 e. The molecule has 0 aliphatic carbocycles. The van der Waals surface area contributed by atoms with Gasteiger partial charge in [-0.1, -0.05) is 38.3 Å².